The van der Waals surface area contributed by atoms with E-state index in [1.54, 1.807) is 37.3 Å². The van der Waals surface area contributed by atoms with E-state index in [9.17, 15) is 18.7 Å². The number of imidazole rings is 1. The molecule has 1 atom stereocenters. The highest BCUT2D eigenvalue weighted by molar-refractivity contribution is 5.92. The van der Waals surface area contributed by atoms with Gasteiger partial charge in [-0.25, -0.2) is 4.98 Å². The molecule has 0 unspecified atom stereocenters. The van der Waals surface area contributed by atoms with Gasteiger partial charge in [-0.05, 0) is 50.8 Å². The molecule has 0 spiro atoms. The Kier molecular flexibility index (Phi) is 5.43. The van der Waals surface area contributed by atoms with Crippen LogP contribution >= 0.6 is 0 Å². The number of aromatic nitrogens is 2. The van der Waals surface area contributed by atoms with E-state index in [1.807, 2.05) is 17.6 Å². The first kappa shape index (κ1) is 21.2. The molecule has 0 bridgehead atoms. The first-order valence-corrected chi connectivity index (χ1v) is 10.2. The summed E-state index contributed by atoms with van der Waals surface area (Å²) >= 11 is 0. The number of fused-ring (bicyclic) bond motifs is 1. The average Bonchev–Trinajstić information content (AvgIpc) is 3.03. The molecule has 1 aromatic heterocycles. The number of carbonyl (C=O) groups is 1. The third-order valence-corrected chi connectivity index (χ3v) is 5.97. The predicted octanol–water partition coefficient (Wildman–Crippen LogP) is 4.77. The Bertz CT molecular complexity index is 1090. The third kappa shape index (κ3) is 4.25. The first-order valence-electron chi connectivity index (χ1n) is 10.2. The lowest BCUT2D eigenvalue weighted by atomic mass is 9.78. The average molecular weight is 429 g/mol. The highest BCUT2D eigenvalue weighted by atomic mass is 19.3. The molecule has 31 heavy (non-hydrogen) atoms. The Morgan fingerprint density at radius 2 is 2.00 bits per heavy atom. The molecule has 1 fully saturated rings. The Morgan fingerprint density at radius 3 is 2.61 bits per heavy atom. The molecule has 1 aliphatic rings. The van der Waals surface area contributed by atoms with Gasteiger partial charge >= 0.3 is 6.61 Å². The summed E-state index contributed by atoms with van der Waals surface area (Å²) in [5.41, 5.74) is 0.188. The fraction of sp³-hybridized carbons (Fsp3) is 0.391. The van der Waals surface area contributed by atoms with Crippen molar-refractivity contribution in [1.82, 2.24) is 9.55 Å². The number of hydrogen-bond acceptors (Lipinski definition) is 4. The van der Waals surface area contributed by atoms with Crippen LogP contribution in [0, 0.1) is 0 Å². The normalized spacial score (nSPS) is 17.2. The maximum Gasteiger partial charge on any atom is 0.387 e. The second-order valence-corrected chi connectivity index (χ2v) is 8.52. The summed E-state index contributed by atoms with van der Waals surface area (Å²) in [6.45, 7) is 0.715. The summed E-state index contributed by atoms with van der Waals surface area (Å²) < 4.78 is 31.8. The number of anilines is 1. The zero-order chi connectivity index (χ0) is 22.2. The van der Waals surface area contributed by atoms with Crippen molar-refractivity contribution in [1.29, 1.82) is 0 Å². The summed E-state index contributed by atoms with van der Waals surface area (Å²) in [6.07, 6.45) is 2.63. The molecule has 6 nitrogen and oxygen atoms in total. The SMILES string of the molecule is CC1(n2c(NC(=O)C[C@@](C)(O)c3ccccc3)nc3ccc(OC(F)F)cc32)CCC1. The van der Waals surface area contributed by atoms with Crippen LogP contribution in [0.5, 0.6) is 5.75 Å². The van der Waals surface area contributed by atoms with Crippen LogP contribution in [-0.4, -0.2) is 27.2 Å². The first-order chi connectivity index (χ1) is 14.7. The topological polar surface area (TPSA) is 76.4 Å². The fourth-order valence-corrected chi connectivity index (χ4v) is 4.15. The Hall–Kier alpha value is -3.00. The summed E-state index contributed by atoms with van der Waals surface area (Å²) in [6, 6.07) is 13.5. The number of carbonyl (C=O) groups excluding carboxylic acids is 1. The third-order valence-electron chi connectivity index (χ3n) is 5.97. The van der Waals surface area contributed by atoms with Crippen molar-refractivity contribution in [2.75, 3.05) is 5.32 Å². The van der Waals surface area contributed by atoms with Crippen molar-refractivity contribution >= 4 is 22.9 Å². The van der Waals surface area contributed by atoms with Gasteiger partial charge in [0.2, 0.25) is 11.9 Å². The fourth-order valence-electron chi connectivity index (χ4n) is 4.15. The predicted molar refractivity (Wildman–Crippen MR) is 113 cm³/mol. The number of nitrogens with zero attached hydrogens (tertiary/aromatic N) is 2. The zero-order valence-electron chi connectivity index (χ0n) is 17.4. The number of hydrogen-bond donors (Lipinski definition) is 2. The zero-order valence-corrected chi connectivity index (χ0v) is 17.4. The number of halogens is 2. The molecule has 1 amide bonds. The van der Waals surface area contributed by atoms with Crippen LogP contribution in [0.1, 0.15) is 45.1 Å². The standard InChI is InChI=1S/C23H25F2N3O3/c1-22(11-6-12-22)28-18-13-16(31-20(24)25)9-10-17(18)26-21(28)27-19(29)14-23(2,30)15-7-4-3-5-8-15/h3-5,7-10,13,20,30H,6,11-12,14H2,1-2H3,(H,26,27,29)/t23-/m1/s1. The second-order valence-electron chi connectivity index (χ2n) is 8.52. The van der Waals surface area contributed by atoms with E-state index in [1.165, 1.54) is 12.1 Å². The van der Waals surface area contributed by atoms with Crippen LogP contribution in [0.3, 0.4) is 0 Å². The molecule has 0 radical (unpaired) electrons. The van der Waals surface area contributed by atoms with Crippen molar-refractivity contribution < 1.29 is 23.4 Å². The van der Waals surface area contributed by atoms with Gasteiger partial charge < -0.3 is 14.4 Å². The Morgan fingerprint density at radius 1 is 1.29 bits per heavy atom. The number of aliphatic hydroxyl groups is 1. The molecule has 1 aliphatic carbocycles. The maximum atomic E-state index is 12.8. The van der Waals surface area contributed by atoms with Crippen molar-refractivity contribution in [2.45, 2.75) is 57.3 Å². The minimum atomic E-state index is -2.92. The number of nitrogens with one attached hydrogen (secondary N) is 1. The molecule has 2 aromatic carbocycles. The van der Waals surface area contributed by atoms with Crippen LogP contribution in [0.4, 0.5) is 14.7 Å². The number of ether oxygens (including phenoxy) is 1. The second kappa shape index (κ2) is 7.92. The summed E-state index contributed by atoms with van der Waals surface area (Å²) in [5.74, 6) is -0.0193. The van der Waals surface area contributed by atoms with E-state index < -0.39 is 18.1 Å². The molecule has 2 N–H and O–H groups in total. The molecular weight excluding hydrogens is 404 g/mol. The molecule has 3 aromatic rings. The van der Waals surface area contributed by atoms with E-state index in [2.05, 4.69) is 15.0 Å². The lowest BCUT2D eigenvalue weighted by Gasteiger charge is -2.41. The summed E-state index contributed by atoms with van der Waals surface area (Å²) in [5, 5.41) is 13.6. The summed E-state index contributed by atoms with van der Waals surface area (Å²) in [7, 11) is 0. The number of benzene rings is 2. The van der Waals surface area contributed by atoms with Gasteiger partial charge in [0.05, 0.1) is 23.1 Å². The smallest absolute Gasteiger partial charge is 0.387 e. The van der Waals surface area contributed by atoms with Crippen LogP contribution < -0.4 is 10.1 Å². The van der Waals surface area contributed by atoms with Gasteiger partial charge in [-0.1, -0.05) is 30.3 Å². The van der Waals surface area contributed by atoms with Crippen LogP contribution in [0.25, 0.3) is 11.0 Å². The highest BCUT2D eigenvalue weighted by Gasteiger charge is 2.37. The molecular formula is C23H25F2N3O3. The Labute approximate surface area is 178 Å². The highest BCUT2D eigenvalue weighted by Crippen LogP contribution is 2.43. The maximum absolute atomic E-state index is 12.8. The molecule has 1 heterocycles. The molecule has 0 aliphatic heterocycles. The van der Waals surface area contributed by atoms with Gasteiger partial charge in [0.1, 0.15) is 5.75 Å². The van der Waals surface area contributed by atoms with E-state index in [4.69, 9.17) is 0 Å². The number of alkyl halides is 2. The van der Waals surface area contributed by atoms with E-state index in [0.29, 0.717) is 22.5 Å². The lowest BCUT2D eigenvalue weighted by molar-refractivity contribution is -0.120. The minimum absolute atomic E-state index is 0.0384. The van der Waals surface area contributed by atoms with Gasteiger partial charge in [-0.2, -0.15) is 8.78 Å². The van der Waals surface area contributed by atoms with Crippen molar-refractivity contribution in [3.05, 3.63) is 54.1 Å². The van der Waals surface area contributed by atoms with Crippen molar-refractivity contribution in [2.24, 2.45) is 0 Å². The molecule has 0 saturated heterocycles. The van der Waals surface area contributed by atoms with Gasteiger partial charge in [0.25, 0.3) is 0 Å². The monoisotopic (exact) mass is 429 g/mol. The lowest BCUT2D eigenvalue weighted by Crippen LogP contribution is -2.38. The molecule has 4 rings (SSSR count). The number of rotatable bonds is 7. The quantitative estimate of drug-likeness (QED) is 0.567. The van der Waals surface area contributed by atoms with Gasteiger partial charge in [-0.15, -0.1) is 0 Å². The number of amides is 1. The summed E-state index contributed by atoms with van der Waals surface area (Å²) in [4.78, 5) is 17.4. The van der Waals surface area contributed by atoms with Crippen LogP contribution in [0.15, 0.2) is 48.5 Å². The van der Waals surface area contributed by atoms with Crippen LogP contribution in [0.2, 0.25) is 0 Å². The van der Waals surface area contributed by atoms with Gasteiger partial charge in [0.15, 0.2) is 0 Å². The largest absolute Gasteiger partial charge is 0.435 e. The van der Waals surface area contributed by atoms with E-state index >= 15 is 0 Å². The van der Waals surface area contributed by atoms with E-state index in [0.717, 1.165) is 19.3 Å². The minimum Gasteiger partial charge on any atom is -0.435 e. The van der Waals surface area contributed by atoms with Crippen molar-refractivity contribution in [3.63, 3.8) is 0 Å². The molecule has 164 valence electrons. The molecule has 1 saturated carbocycles. The van der Waals surface area contributed by atoms with Gasteiger partial charge in [-0.3, -0.25) is 10.1 Å². The van der Waals surface area contributed by atoms with Gasteiger partial charge in [0, 0.05) is 11.6 Å². The molecule has 8 heteroatoms. The van der Waals surface area contributed by atoms with Crippen LogP contribution in [-0.2, 0) is 15.9 Å². The van der Waals surface area contributed by atoms with E-state index in [-0.39, 0.29) is 17.7 Å². The Balaban J connectivity index is 1.65. The van der Waals surface area contributed by atoms with Crippen molar-refractivity contribution in [3.8, 4) is 5.75 Å².